The Morgan fingerprint density at radius 2 is 2.11 bits per heavy atom. The molecule has 1 saturated heterocycles. The van der Waals surface area contributed by atoms with Crippen molar-refractivity contribution in [1.29, 1.82) is 0 Å². The molecule has 19 heavy (non-hydrogen) atoms. The lowest BCUT2D eigenvalue weighted by Gasteiger charge is -2.27. The molecule has 1 aromatic carbocycles. The van der Waals surface area contributed by atoms with E-state index in [0.29, 0.717) is 17.3 Å². The summed E-state index contributed by atoms with van der Waals surface area (Å²) in [4.78, 5) is 15.7. The van der Waals surface area contributed by atoms with Crippen molar-refractivity contribution in [3.05, 3.63) is 23.8 Å². The third-order valence-corrected chi connectivity index (χ3v) is 4.66. The first-order valence-electron chi connectivity index (χ1n) is 6.42. The first-order valence-corrected chi connectivity index (χ1v) is 7.58. The van der Waals surface area contributed by atoms with Crippen LogP contribution in [0.5, 0.6) is 0 Å². The van der Waals surface area contributed by atoms with Gasteiger partial charge < -0.3 is 15.5 Å². The third-order valence-electron chi connectivity index (χ3n) is 3.51. The number of nitrogen functional groups attached to an aromatic ring is 1. The molecule has 1 amide bonds. The van der Waals surface area contributed by atoms with Gasteiger partial charge >= 0.3 is 0 Å². The molecule has 5 heteroatoms. The van der Waals surface area contributed by atoms with Gasteiger partial charge in [-0.1, -0.05) is 0 Å². The zero-order chi connectivity index (χ0) is 14.0. The molecule has 1 aliphatic rings. The molecule has 0 radical (unpaired) electrons. The normalized spacial score (nSPS) is 18.4. The van der Waals surface area contributed by atoms with E-state index in [1.54, 1.807) is 25.1 Å². The number of benzene rings is 1. The van der Waals surface area contributed by atoms with Crippen molar-refractivity contribution >= 4 is 29.0 Å². The molecular weight excluding hydrogens is 258 g/mol. The Hall–Kier alpha value is -1.36. The Kier molecular flexibility index (Phi) is 4.24. The number of nitrogens with two attached hydrogens (primary N) is 1. The van der Waals surface area contributed by atoms with Gasteiger partial charge in [0.1, 0.15) is 0 Å². The number of amides is 1. The summed E-state index contributed by atoms with van der Waals surface area (Å²) in [6.45, 7) is 0. The maximum atomic E-state index is 11.9. The molecule has 0 saturated carbocycles. The van der Waals surface area contributed by atoms with Gasteiger partial charge in [0.25, 0.3) is 5.91 Å². The van der Waals surface area contributed by atoms with E-state index in [2.05, 4.69) is 11.9 Å². The Morgan fingerprint density at radius 3 is 2.63 bits per heavy atom. The van der Waals surface area contributed by atoms with E-state index in [1.165, 1.54) is 12.2 Å². The number of thioether (sulfide) groups is 1. The number of rotatable bonds is 3. The van der Waals surface area contributed by atoms with Crippen LogP contribution in [0.1, 0.15) is 16.8 Å². The molecule has 1 atom stereocenters. The second-order valence-corrected chi connectivity index (χ2v) is 6.25. The molecule has 0 spiro atoms. The van der Waals surface area contributed by atoms with E-state index in [0.717, 1.165) is 11.4 Å². The van der Waals surface area contributed by atoms with Crippen LogP contribution in [-0.4, -0.2) is 49.5 Å². The van der Waals surface area contributed by atoms with Crippen LogP contribution in [0, 0.1) is 0 Å². The predicted octanol–water partition coefficient (Wildman–Crippen LogP) is 1.91. The lowest BCUT2D eigenvalue weighted by Crippen LogP contribution is -2.32. The molecule has 1 aromatic rings. The van der Waals surface area contributed by atoms with Crippen LogP contribution in [0.4, 0.5) is 11.4 Å². The minimum absolute atomic E-state index is 0.0164. The molecular formula is C14H21N3OS. The van der Waals surface area contributed by atoms with Gasteiger partial charge in [0.05, 0.1) is 11.4 Å². The minimum Gasteiger partial charge on any atom is -0.397 e. The lowest BCUT2D eigenvalue weighted by molar-refractivity contribution is 0.0827. The average molecular weight is 279 g/mol. The summed E-state index contributed by atoms with van der Waals surface area (Å²) in [5.41, 5.74) is 8.44. The summed E-state index contributed by atoms with van der Waals surface area (Å²) in [6, 6.07) is 6.13. The first-order chi connectivity index (χ1) is 9.00. The molecule has 0 bridgehead atoms. The van der Waals surface area contributed by atoms with Crippen LogP contribution >= 0.6 is 11.8 Å². The summed E-state index contributed by atoms with van der Waals surface area (Å²) in [5.74, 6) is 2.35. The number of hydrogen-bond donors (Lipinski definition) is 1. The number of hydrogen-bond acceptors (Lipinski definition) is 4. The molecule has 1 aliphatic heterocycles. The average Bonchev–Trinajstić information content (AvgIpc) is 2.90. The van der Waals surface area contributed by atoms with Crippen molar-refractivity contribution in [3.8, 4) is 0 Å². The molecule has 0 aromatic heterocycles. The van der Waals surface area contributed by atoms with E-state index < -0.39 is 0 Å². The van der Waals surface area contributed by atoms with Gasteiger partial charge in [-0.2, -0.15) is 11.8 Å². The maximum absolute atomic E-state index is 11.9. The maximum Gasteiger partial charge on any atom is 0.253 e. The molecule has 104 valence electrons. The van der Waals surface area contributed by atoms with Crippen molar-refractivity contribution in [3.63, 3.8) is 0 Å². The van der Waals surface area contributed by atoms with Crippen molar-refractivity contribution in [2.45, 2.75) is 12.5 Å². The number of anilines is 2. The molecule has 1 fully saturated rings. The predicted molar refractivity (Wildman–Crippen MR) is 83.0 cm³/mol. The first kappa shape index (κ1) is 14.1. The number of carbonyl (C=O) groups excluding carboxylic acids is 1. The quantitative estimate of drug-likeness (QED) is 0.859. The standard InChI is InChI=1S/C14H21N3OS/c1-16(2)14(18)10-4-5-13(12(15)8-10)17(3)11-6-7-19-9-11/h4-5,8,11H,6-7,9,15H2,1-3H3. The summed E-state index contributed by atoms with van der Waals surface area (Å²) < 4.78 is 0. The van der Waals surface area contributed by atoms with E-state index in [1.807, 2.05) is 23.9 Å². The van der Waals surface area contributed by atoms with E-state index in [9.17, 15) is 4.79 Å². The fourth-order valence-corrected chi connectivity index (χ4v) is 3.56. The SMILES string of the molecule is CN(C)C(=O)c1ccc(N(C)C2CCSC2)c(N)c1. The Balaban J connectivity index is 2.21. The van der Waals surface area contributed by atoms with Gasteiger partial charge in [0.2, 0.25) is 0 Å². The molecule has 1 unspecified atom stereocenters. The summed E-state index contributed by atoms with van der Waals surface area (Å²) in [6.07, 6.45) is 1.19. The highest BCUT2D eigenvalue weighted by atomic mass is 32.2. The van der Waals surface area contributed by atoms with Gasteiger partial charge in [-0.3, -0.25) is 4.79 Å². The van der Waals surface area contributed by atoms with Crippen LogP contribution in [0.2, 0.25) is 0 Å². The van der Waals surface area contributed by atoms with Crippen LogP contribution in [0.3, 0.4) is 0 Å². The molecule has 2 rings (SSSR count). The highest BCUT2D eigenvalue weighted by Crippen LogP contribution is 2.30. The number of nitrogens with zero attached hydrogens (tertiary/aromatic N) is 2. The molecule has 0 aliphatic carbocycles. The van der Waals surface area contributed by atoms with Crippen LogP contribution in [0.15, 0.2) is 18.2 Å². The smallest absolute Gasteiger partial charge is 0.253 e. The second kappa shape index (κ2) is 5.74. The minimum atomic E-state index is -0.0164. The summed E-state index contributed by atoms with van der Waals surface area (Å²) in [7, 11) is 5.57. The second-order valence-electron chi connectivity index (χ2n) is 5.10. The number of carbonyl (C=O) groups is 1. The van der Waals surface area contributed by atoms with Gasteiger partial charge in [-0.25, -0.2) is 0 Å². The van der Waals surface area contributed by atoms with Gasteiger partial charge in [-0.05, 0) is 30.4 Å². The molecule has 2 N–H and O–H groups in total. The Labute approximate surface area is 118 Å². The highest BCUT2D eigenvalue weighted by molar-refractivity contribution is 7.99. The van der Waals surface area contributed by atoms with Gasteiger partial charge in [-0.15, -0.1) is 0 Å². The lowest BCUT2D eigenvalue weighted by atomic mass is 10.1. The van der Waals surface area contributed by atoms with Crippen LogP contribution < -0.4 is 10.6 Å². The Bertz CT molecular complexity index is 470. The molecule has 1 heterocycles. The fraction of sp³-hybridized carbons (Fsp3) is 0.500. The van der Waals surface area contributed by atoms with E-state index in [-0.39, 0.29) is 5.91 Å². The van der Waals surface area contributed by atoms with E-state index >= 15 is 0 Å². The van der Waals surface area contributed by atoms with Gasteiger partial charge in [0.15, 0.2) is 0 Å². The largest absolute Gasteiger partial charge is 0.397 e. The zero-order valence-corrected chi connectivity index (χ0v) is 12.5. The fourth-order valence-electron chi connectivity index (χ4n) is 2.29. The molecule has 4 nitrogen and oxygen atoms in total. The van der Waals surface area contributed by atoms with Crippen molar-refractivity contribution < 1.29 is 4.79 Å². The van der Waals surface area contributed by atoms with Gasteiger partial charge in [0, 0.05) is 38.5 Å². The highest BCUT2D eigenvalue weighted by Gasteiger charge is 2.22. The van der Waals surface area contributed by atoms with Crippen molar-refractivity contribution in [2.75, 3.05) is 43.3 Å². The zero-order valence-electron chi connectivity index (χ0n) is 11.7. The Morgan fingerprint density at radius 1 is 1.37 bits per heavy atom. The van der Waals surface area contributed by atoms with Crippen LogP contribution in [-0.2, 0) is 0 Å². The monoisotopic (exact) mass is 279 g/mol. The third kappa shape index (κ3) is 2.97. The summed E-state index contributed by atoms with van der Waals surface area (Å²) >= 11 is 1.98. The summed E-state index contributed by atoms with van der Waals surface area (Å²) in [5, 5.41) is 0. The van der Waals surface area contributed by atoms with Crippen molar-refractivity contribution in [1.82, 2.24) is 4.90 Å². The van der Waals surface area contributed by atoms with Crippen molar-refractivity contribution in [2.24, 2.45) is 0 Å². The van der Waals surface area contributed by atoms with Crippen LogP contribution in [0.25, 0.3) is 0 Å². The van der Waals surface area contributed by atoms with E-state index in [4.69, 9.17) is 5.73 Å². The topological polar surface area (TPSA) is 49.6 Å².